The molecule has 0 unspecified atom stereocenters. The van der Waals surface area contributed by atoms with Crippen molar-refractivity contribution in [3.8, 4) is 0 Å². The Morgan fingerprint density at radius 2 is 2.38 bits per heavy atom. The number of carbonyl (C=O) groups is 1. The lowest BCUT2D eigenvalue weighted by Gasteiger charge is -2.06. The van der Waals surface area contributed by atoms with Gasteiger partial charge in [-0.25, -0.2) is 4.98 Å². The lowest BCUT2D eigenvalue weighted by molar-refractivity contribution is 0.102. The Balaban J connectivity index is 2.18. The van der Waals surface area contributed by atoms with Crippen LogP contribution >= 0.6 is 0 Å². The first-order valence-corrected chi connectivity index (χ1v) is 4.72. The van der Waals surface area contributed by atoms with E-state index < -0.39 is 0 Å². The molecule has 0 bridgehead atoms. The van der Waals surface area contributed by atoms with Gasteiger partial charge >= 0.3 is 0 Å². The minimum atomic E-state index is -0.255. The average molecular weight is 217 g/mol. The highest BCUT2D eigenvalue weighted by Gasteiger charge is 2.09. The molecule has 2 rings (SSSR count). The number of pyridine rings is 1. The number of aryl methyl sites for hydroxylation is 1. The van der Waals surface area contributed by atoms with Crippen LogP contribution in [0.2, 0.25) is 0 Å². The summed E-state index contributed by atoms with van der Waals surface area (Å²) in [5.41, 5.74) is 7.40. The van der Waals surface area contributed by atoms with E-state index in [0.717, 1.165) is 5.56 Å². The molecule has 1 amide bonds. The van der Waals surface area contributed by atoms with Crippen molar-refractivity contribution in [2.45, 2.75) is 6.92 Å². The molecule has 3 N–H and O–H groups in total. The predicted molar refractivity (Wildman–Crippen MR) is 60.0 cm³/mol. The molecular formula is C11H11N3O2. The molecule has 82 valence electrons. The topological polar surface area (TPSA) is 81.1 Å². The molecule has 2 heterocycles. The van der Waals surface area contributed by atoms with Crippen molar-refractivity contribution in [1.82, 2.24) is 4.98 Å². The SMILES string of the molecule is Cc1cc(N)cnc1NC(=O)c1ccoc1. The molecule has 0 atom stereocenters. The first-order chi connectivity index (χ1) is 7.66. The number of nitrogens with two attached hydrogens (primary N) is 1. The van der Waals surface area contributed by atoms with Crippen molar-refractivity contribution in [3.63, 3.8) is 0 Å². The standard InChI is InChI=1S/C11H11N3O2/c1-7-4-9(12)5-13-10(7)14-11(15)8-2-3-16-6-8/h2-6H,12H2,1H3,(H,13,14,15). The minimum absolute atomic E-state index is 0.255. The molecule has 5 nitrogen and oxygen atoms in total. The molecule has 0 aromatic carbocycles. The van der Waals surface area contributed by atoms with E-state index in [2.05, 4.69) is 10.3 Å². The Morgan fingerprint density at radius 3 is 3.00 bits per heavy atom. The number of carbonyl (C=O) groups excluding carboxylic acids is 1. The van der Waals surface area contributed by atoms with Crippen molar-refractivity contribution >= 4 is 17.4 Å². The molecule has 2 aromatic rings. The molecule has 0 saturated carbocycles. The fourth-order valence-electron chi connectivity index (χ4n) is 1.30. The number of furan rings is 1. The van der Waals surface area contributed by atoms with Crippen molar-refractivity contribution in [2.75, 3.05) is 11.1 Å². The van der Waals surface area contributed by atoms with Crippen LogP contribution in [0, 0.1) is 6.92 Å². The summed E-state index contributed by atoms with van der Waals surface area (Å²) in [6, 6.07) is 3.33. The van der Waals surface area contributed by atoms with Gasteiger partial charge < -0.3 is 15.5 Å². The first-order valence-electron chi connectivity index (χ1n) is 4.72. The van der Waals surface area contributed by atoms with Gasteiger partial charge in [0.15, 0.2) is 0 Å². The average Bonchev–Trinajstić information content (AvgIpc) is 2.75. The molecule has 0 saturated heterocycles. The number of amides is 1. The van der Waals surface area contributed by atoms with Gasteiger partial charge in [-0.05, 0) is 24.6 Å². The monoisotopic (exact) mass is 217 g/mol. The van der Waals surface area contributed by atoms with Gasteiger partial charge in [-0.2, -0.15) is 0 Å². The van der Waals surface area contributed by atoms with Crippen molar-refractivity contribution in [2.24, 2.45) is 0 Å². The van der Waals surface area contributed by atoms with E-state index in [9.17, 15) is 4.79 Å². The molecule has 2 aromatic heterocycles. The maximum Gasteiger partial charge on any atom is 0.260 e. The lowest BCUT2D eigenvalue weighted by Crippen LogP contribution is -2.13. The maximum atomic E-state index is 11.7. The van der Waals surface area contributed by atoms with Crippen LogP contribution in [-0.2, 0) is 0 Å². The van der Waals surface area contributed by atoms with E-state index in [1.54, 1.807) is 12.1 Å². The normalized spacial score (nSPS) is 10.1. The summed E-state index contributed by atoms with van der Waals surface area (Å²) in [7, 11) is 0. The number of nitrogens with zero attached hydrogens (tertiary/aromatic N) is 1. The summed E-state index contributed by atoms with van der Waals surface area (Å²) < 4.78 is 4.82. The first kappa shape index (κ1) is 10.2. The zero-order chi connectivity index (χ0) is 11.5. The van der Waals surface area contributed by atoms with Crippen LogP contribution in [0.5, 0.6) is 0 Å². The second-order valence-electron chi connectivity index (χ2n) is 3.40. The fourth-order valence-corrected chi connectivity index (χ4v) is 1.30. The molecule has 0 fully saturated rings. The summed E-state index contributed by atoms with van der Waals surface area (Å²) >= 11 is 0. The Labute approximate surface area is 92.3 Å². The zero-order valence-corrected chi connectivity index (χ0v) is 8.73. The van der Waals surface area contributed by atoms with Crippen LogP contribution in [-0.4, -0.2) is 10.9 Å². The Kier molecular flexibility index (Phi) is 2.59. The number of hydrogen-bond acceptors (Lipinski definition) is 4. The highest BCUT2D eigenvalue weighted by Crippen LogP contribution is 2.15. The summed E-state index contributed by atoms with van der Waals surface area (Å²) in [6.45, 7) is 1.83. The number of hydrogen-bond donors (Lipinski definition) is 2. The van der Waals surface area contributed by atoms with Gasteiger partial charge in [0.05, 0.1) is 23.7 Å². The highest BCUT2D eigenvalue weighted by atomic mass is 16.3. The predicted octanol–water partition coefficient (Wildman–Crippen LogP) is 1.82. The van der Waals surface area contributed by atoms with Crippen LogP contribution in [0.15, 0.2) is 35.3 Å². The van der Waals surface area contributed by atoms with Crippen LogP contribution in [0.25, 0.3) is 0 Å². The third kappa shape index (κ3) is 2.03. The summed E-state index contributed by atoms with van der Waals surface area (Å²) in [5.74, 6) is 0.245. The molecule has 0 aliphatic heterocycles. The van der Waals surface area contributed by atoms with Gasteiger partial charge in [0, 0.05) is 0 Å². The Bertz CT molecular complexity index is 506. The van der Waals surface area contributed by atoms with E-state index in [1.807, 2.05) is 6.92 Å². The molecule has 5 heteroatoms. The third-order valence-corrected chi connectivity index (χ3v) is 2.11. The van der Waals surface area contributed by atoms with E-state index in [-0.39, 0.29) is 5.91 Å². The Morgan fingerprint density at radius 1 is 1.56 bits per heavy atom. The second-order valence-corrected chi connectivity index (χ2v) is 3.40. The quantitative estimate of drug-likeness (QED) is 0.803. The van der Waals surface area contributed by atoms with E-state index in [0.29, 0.717) is 17.1 Å². The second kappa shape index (κ2) is 4.06. The van der Waals surface area contributed by atoms with Crippen LogP contribution in [0.1, 0.15) is 15.9 Å². The van der Waals surface area contributed by atoms with Crippen molar-refractivity contribution in [1.29, 1.82) is 0 Å². The van der Waals surface area contributed by atoms with E-state index in [4.69, 9.17) is 10.2 Å². The number of anilines is 2. The maximum absolute atomic E-state index is 11.7. The molecule has 0 radical (unpaired) electrons. The smallest absolute Gasteiger partial charge is 0.260 e. The van der Waals surface area contributed by atoms with Gasteiger partial charge in [-0.15, -0.1) is 0 Å². The Hall–Kier alpha value is -2.30. The van der Waals surface area contributed by atoms with Gasteiger partial charge in [0.1, 0.15) is 12.1 Å². The zero-order valence-electron chi connectivity index (χ0n) is 8.73. The molecular weight excluding hydrogens is 206 g/mol. The number of nitrogens with one attached hydrogen (secondary N) is 1. The molecule has 0 aliphatic carbocycles. The van der Waals surface area contributed by atoms with Gasteiger partial charge in [0.25, 0.3) is 5.91 Å². The third-order valence-electron chi connectivity index (χ3n) is 2.11. The number of nitrogen functional groups attached to an aromatic ring is 1. The molecule has 0 spiro atoms. The molecule has 16 heavy (non-hydrogen) atoms. The van der Waals surface area contributed by atoms with Crippen LogP contribution in [0.3, 0.4) is 0 Å². The van der Waals surface area contributed by atoms with E-state index >= 15 is 0 Å². The van der Waals surface area contributed by atoms with Crippen molar-refractivity contribution in [3.05, 3.63) is 42.0 Å². The highest BCUT2D eigenvalue weighted by molar-refractivity contribution is 6.03. The number of aromatic nitrogens is 1. The van der Waals surface area contributed by atoms with Crippen molar-refractivity contribution < 1.29 is 9.21 Å². The van der Waals surface area contributed by atoms with Crippen LogP contribution < -0.4 is 11.1 Å². The summed E-state index contributed by atoms with van der Waals surface area (Å²) in [5, 5.41) is 2.67. The minimum Gasteiger partial charge on any atom is -0.472 e. The summed E-state index contributed by atoms with van der Waals surface area (Å²) in [4.78, 5) is 15.7. The fraction of sp³-hybridized carbons (Fsp3) is 0.0909. The lowest BCUT2D eigenvalue weighted by atomic mass is 10.2. The van der Waals surface area contributed by atoms with Gasteiger partial charge in [-0.1, -0.05) is 0 Å². The molecule has 0 aliphatic rings. The largest absolute Gasteiger partial charge is 0.472 e. The van der Waals surface area contributed by atoms with E-state index in [1.165, 1.54) is 18.7 Å². The van der Waals surface area contributed by atoms with Crippen LogP contribution in [0.4, 0.5) is 11.5 Å². The number of rotatable bonds is 2. The van der Waals surface area contributed by atoms with Gasteiger partial charge in [-0.3, -0.25) is 4.79 Å². The summed E-state index contributed by atoms with van der Waals surface area (Å²) in [6.07, 6.45) is 4.32. The van der Waals surface area contributed by atoms with Gasteiger partial charge in [0.2, 0.25) is 0 Å².